The smallest absolute Gasteiger partial charge is 0.254 e. The molecule has 0 N–H and O–H groups in total. The van der Waals surface area contributed by atoms with Gasteiger partial charge in [-0.25, -0.2) is 0 Å². The van der Waals surface area contributed by atoms with E-state index in [9.17, 15) is 4.79 Å². The Morgan fingerprint density at radius 1 is 1.12 bits per heavy atom. The fraction of sp³-hybridized carbons (Fsp3) is 0.476. The number of benzene rings is 1. The Bertz CT molecular complexity index is 730. The summed E-state index contributed by atoms with van der Waals surface area (Å²) in [5, 5.41) is 0. The second-order valence-electron chi connectivity index (χ2n) is 6.62. The molecule has 140 valence electrons. The molecule has 1 saturated heterocycles. The average Bonchev–Trinajstić information content (AvgIpc) is 3.03. The molecular weight excluding hydrogens is 330 g/mol. The molecule has 0 saturated carbocycles. The van der Waals surface area contributed by atoms with Gasteiger partial charge in [0.15, 0.2) is 0 Å². The van der Waals surface area contributed by atoms with Crippen LogP contribution in [-0.4, -0.2) is 31.6 Å². The Hall–Kier alpha value is -2.43. The van der Waals surface area contributed by atoms with E-state index in [0.717, 1.165) is 50.2 Å². The fourth-order valence-electron chi connectivity index (χ4n) is 3.51. The molecule has 2 aromatic rings. The Kier molecular flexibility index (Phi) is 5.86. The number of ether oxygens (including phenoxy) is 2. The number of likely N-dealkylation sites (tertiary alicyclic amines) is 1. The summed E-state index contributed by atoms with van der Waals surface area (Å²) in [6.07, 6.45) is 5.00. The Morgan fingerprint density at radius 3 is 2.46 bits per heavy atom. The van der Waals surface area contributed by atoms with Crippen molar-refractivity contribution in [2.24, 2.45) is 0 Å². The lowest BCUT2D eigenvalue weighted by atomic mass is 10.1. The number of hydrogen-bond donors (Lipinski definition) is 0. The van der Waals surface area contributed by atoms with Gasteiger partial charge in [0.25, 0.3) is 5.91 Å². The lowest BCUT2D eigenvalue weighted by Gasteiger charge is -2.29. The van der Waals surface area contributed by atoms with Gasteiger partial charge in [0.05, 0.1) is 20.3 Å². The first kappa shape index (κ1) is 18.4. The molecule has 1 unspecified atom stereocenters. The maximum absolute atomic E-state index is 13.3. The number of carbonyl (C=O) groups is 1. The summed E-state index contributed by atoms with van der Waals surface area (Å²) in [5.74, 6) is 3.06. The van der Waals surface area contributed by atoms with Crippen molar-refractivity contribution in [1.82, 2.24) is 4.90 Å². The third kappa shape index (κ3) is 3.87. The van der Waals surface area contributed by atoms with Crippen LogP contribution in [0, 0.1) is 0 Å². The lowest BCUT2D eigenvalue weighted by Crippen LogP contribution is -2.34. The summed E-state index contributed by atoms with van der Waals surface area (Å²) >= 11 is 0. The quantitative estimate of drug-likeness (QED) is 0.784. The minimum atomic E-state index is -0.0255. The van der Waals surface area contributed by atoms with E-state index in [0.29, 0.717) is 17.1 Å². The van der Waals surface area contributed by atoms with Crippen LogP contribution < -0.4 is 9.47 Å². The van der Waals surface area contributed by atoms with E-state index in [4.69, 9.17) is 13.9 Å². The number of methoxy groups -OCH3 is 2. The van der Waals surface area contributed by atoms with Gasteiger partial charge in [-0.3, -0.25) is 4.79 Å². The molecule has 1 amide bonds. The molecular formula is C21H27NO4. The molecule has 1 aliphatic heterocycles. The molecule has 0 spiro atoms. The number of nitrogens with zero attached hydrogens (tertiary/aromatic N) is 1. The number of hydrogen-bond acceptors (Lipinski definition) is 4. The largest absolute Gasteiger partial charge is 0.497 e. The normalized spacial score (nSPS) is 17.7. The molecule has 1 fully saturated rings. The van der Waals surface area contributed by atoms with E-state index in [2.05, 4.69) is 6.92 Å². The van der Waals surface area contributed by atoms with E-state index < -0.39 is 0 Å². The van der Waals surface area contributed by atoms with Crippen LogP contribution in [0.25, 0.3) is 0 Å². The number of furan rings is 1. The second-order valence-corrected chi connectivity index (χ2v) is 6.62. The summed E-state index contributed by atoms with van der Waals surface area (Å²) in [4.78, 5) is 15.3. The van der Waals surface area contributed by atoms with Gasteiger partial charge in [-0.2, -0.15) is 0 Å². The van der Waals surface area contributed by atoms with Gasteiger partial charge >= 0.3 is 0 Å². The third-order valence-electron chi connectivity index (χ3n) is 4.97. The topological polar surface area (TPSA) is 51.9 Å². The zero-order chi connectivity index (χ0) is 18.5. The first-order valence-electron chi connectivity index (χ1n) is 9.29. The molecule has 5 heteroatoms. The van der Waals surface area contributed by atoms with Crippen molar-refractivity contribution >= 4 is 5.91 Å². The van der Waals surface area contributed by atoms with Crippen LogP contribution in [0.15, 0.2) is 34.7 Å². The van der Waals surface area contributed by atoms with Gasteiger partial charge in [-0.05, 0) is 37.1 Å². The maximum atomic E-state index is 13.3. The number of rotatable bonds is 5. The molecule has 1 aromatic carbocycles. The molecule has 3 rings (SSSR count). The Balaban J connectivity index is 1.93. The molecule has 26 heavy (non-hydrogen) atoms. The van der Waals surface area contributed by atoms with Crippen molar-refractivity contribution in [3.05, 3.63) is 47.4 Å². The molecule has 0 aliphatic carbocycles. The molecule has 1 aliphatic rings. The van der Waals surface area contributed by atoms with Gasteiger partial charge < -0.3 is 18.8 Å². The highest BCUT2D eigenvalue weighted by atomic mass is 16.5. The minimum absolute atomic E-state index is 0.0106. The van der Waals surface area contributed by atoms with Crippen molar-refractivity contribution < 1.29 is 18.7 Å². The Labute approximate surface area is 154 Å². The van der Waals surface area contributed by atoms with Crippen molar-refractivity contribution in [2.45, 2.75) is 45.1 Å². The highest BCUT2D eigenvalue weighted by Crippen LogP contribution is 2.33. The molecule has 0 radical (unpaired) electrons. The lowest BCUT2D eigenvalue weighted by molar-refractivity contribution is 0.0656. The SMILES string of the molecule is CCc1ccc(C2CCCCCN2C(=O)c2cc(OC)cc(OC)c2)o1. The van der Waals surface area contributed by atoms with Crippen molar-refractivity contribution in [2.75, 3.05) is 20.8 Å². The molecule has 2 heterocycles. The Morgan fingerprint density at radius 2 is 1.85 bits per heavy atom. The number of aryl methyl sites for hydroxylation is 1. The van der Waals surface area contributed by atoms with Crippen LogP contribution in [0.3, 0.4) is 0 Å². The first-order valence-corrected chi connectivity index (χ1v) is 9.29. The summed E-state index contributed by atoms with van der Waals surface area (Å²) < 4.78 is 16.6. The number of amides is 1. The van der Waals surface area contributed by atoms with Crippen molar-refractivity contribution in [3.63, 3.8) is 0 Å². The van der Waals surface area contributed by atoms with E-state index in [1.165, 1.54) is 0 Å². The van der Waals surface area contributed by atoms with Gasteiger partial charge in [0.2, 0.25) is 0 Å². The van der Waals surface area contributed by atoms with Crippen LogP contribution in [0.4, 0.5) is 0 Å². The van der Waals surface area contributed by atoms with Crippen LogP contribution in [-0.2, 0) is 6.42 Å². The molecule has 5 nitrogen and oxygen atoms in total. The average molecular weight is 357 g/mol. The van der Waals surface area contributed by atoms with Crippen molar-refractivity contribution in [1.29, 1.82) is 0 Å². The first-order chi connectivity index (χ1) is 12.7. The number of carbonyl (C=O) groups excluding carboxylic acids is 1. The second kappa shape index (κ2) is 8.30. The van der Waals surface area contributed by atoms with Gasteiger partial charge in [0.1, 0.15) is 23.0 Å². The predicted molar refractivity (Wildman–Crippen MR) is 99.9 cm³/mol. The van der Waals surface area contributed by atoms with Gasteiger partial charge in [0, 0.05) is 24.6 Å². The highest BCUT2D eigenvalue weighted by molar-refractivity contribution is 5.95. The van der Waals surface area contributed by atoms with Crippen molar-refractivity contribution in [3.8, 4) is 11.5 Å². The molecule has 0 bridgehead atoms. The van der Waals surface area contributed by atoms with Crippen LogP contribution in [0.5, 0.6) is 11.5 Å². The summed E-state index contributed by atoms with van der Waals surface area (Å²) in [6.45, 7) is 2.80. The van der Waals surface area contributed by atoms with Crippen LogP contribution in [0.2, 0.25) is 0 Å². The van der Waals surface area contributed by atoms with E-state index in [-0.39, 0.29) is 11.9 Å². The fourth-order valence-corrected chi connectivity index (χ4v) is 3.51. The summed E-state index contributed by atoms with van der Waals surface area (Å²) in [7, 11) is 3.18. The predicted octanol–water partition coefficient (Wildman–Crippen LogP) is 4.62. The minimum Gasteiger partial charge on any atom is -0.497 e. The zero-order valence-corrected chi connectivity index (χ0v) is 15.8. The summed E-state index contributed by atoms with van der Waals surface area (Å²) in [6, 6.07) is 9.32. The standard InChI is InChI=1S/C21H27NO4/c1-4-16-9-10-20(26-16)19-8-6-5-7-11-22(19)21(23)15-12-17(24-2)14-18(13-15)25-3/h9-10,12-14,19H,4-8,11H2,1-3H3. The van der Waals surface area contributed by atoms with Gasteiger partial charge in [-0.1, -0.05) is 19.8 Å². The van der Waals surface area contributed by atoms with Gasteiger partial charge in [-0.15, -0.1) is 0 Å². The maximum Gasteiger partial charge on any atom is 0.254 e. The van der Waals surface area contributed by atoms with E-state index in [1.807, 2.05) is 17.0 Å². The molecule has 1 aromatic heterocycles. The van der Waals surface area contributed by atoms with E-state index >= 15 is 0 Å². The highest BCUT2D eigenvalue weighted by Gasteiger charge is 2.30. The van der Waals surface area contributed by atoms with E-state index in [1.54, 1.807) is 32.4 Å². The zero-order valence-electron chi connectivity index (χ0n) is 15.8. The van der Waals surface area contributed by atoms with Crippen LogP contribution >= 0.6 is 0 Å². The summed E-state index contributed by atoms with van der Waals surface area (Å²) in [5.41, 5.74) is 0.579. The molecule has 1 atom stereocenters. The monoisotopic (exact) mass is 357 g/mol. The third-order valence-corrected chi connectivity index (χ3v) is 4.97. The van der Waals surface area contributed by atoms with Crippen LogP contribution in [0.1, 0.15) is 60.5 Å².